The van der Waals surface area contributed by atoms with E-state index in [0.717, 1.165) is 94.4 Å². The van der Waals surface area contributed by atoms with Crippen LogP contribution >= 0.6 is 11.6 Å². The van der Waals surface area contributed by atoms with Crippen LogP contribution in [-0.2, 0) is 21.7 Å². The third-order valence-corrected chi connectivity index (χ3v) is 20.5. The first-order chi connectivity index (χ1) is 42.1. The van der Waals surface area contributed by atoms with Crippen LogP contribution < -0.4 is 95.9 Å². The third-order valence-electron chi connectivity index (χ3n) is 20.0. The number of halogens is 1. The zero-order valence-corrected chi connectivity index (χ0v) is 55.2. The highest BCUT2D eigenvalue weighted by atomic mass is 35.5. The second kappa shape index (κ2) is 20.9. The summed E-state index contributed by atoms with van der Waals surface area (Å²) in [4.78, 5) is 9.21. The maximum absolute atomic E-state index is 7.41. The quantitative estimate of drug-likeness (QED) is 0.212. The van der Waals surface area contributed by atoms with Crippen LogP contribution in [0.4, 0.5) is 56.9 Å². The molecule has 3 heterocycles. The van der Waals surface area contributed by atoms with E-state index in [1.54, 1.807) is 0 Å². The summed E-state index contributed by atoms with van der Waals surface area (Å²) < 4.78 is 0. The molecule has 0 fully saturated rings. The Morgan fingerprint density at radius 3 is 1.32 bits per heavy atom. The number of hydrogen-bond donors (Lipinski definition) is 0. The van der Waals surface area contributed by atoms with Gasteiger partial charge in [-0.2, -0.15) is 0 Å². The van der Waals surface area contributed by atoms with Crippen molar-refractivity contribution in [2.45, 2.75) is 126 Å². The van der Waals surface area contributed by atoms with Crippen LogP contribution in [0.15, 0.2) is 109 Å². The van der Waals surface area contributed by atoms with Crippen molar-refractivity contribution >= 4 is 237 Å². The Labute approximate surface area is 553 Å². The van der Waals surface area contributed by atoms with Crippen molar-refractivity contribution < 1.29 is 0 Å². The first-order valence-corrected chi connectivity index (χ1v) is 31.3. The Morgan fingerprint density at radius 2 is 0.811 bits per heavy atom. The molecule has 9 aromatic rings. The van der Waals surface area contributed by atoms with E-state index in [4.69, 9.17) is 90.1 Å². The Morgan fingerprint density at radius 1 is 0.378 bits per heavy atom. The van der Waals surface area contributed by atoms with Gasteiger partial charge in [-0.15, -0.1) is 32.8 Å². The maximum Gasteiger partial charge on any atom is 0.421 e. The molecule has 20 radical (unpaired) electrons. The van der Waals surface area contributed by atoms with E-state index in [2.05, 4.69) is 232 Å². The van der Waals surface area contributed by atoms with Gasteiger partial charge in [-0.1, -0.05) is 175 Å². The number of anilines is 10. The molecule has 0 aromatic heterocycles. The molecule has 0 atom stereocenters. The SMILES string of the molecule is [B]c1c([B])c([B])c(N2B(c3c(C)cc(C(C)(C)C)cc3C)N(c3c([B])c([B])c([B])c([B])c3[B])c3cc4c(cc32)B2c3ccc(C(C)(C)C)cc3N(c3cc(C)c(Cl)c(C)c3)c3cc(C(C)(C)C)cc(c32)N4c2ccc3c(c2)C(C)(C)c2ccccc2-3)c([B])c1[B]. The van der Waals surface area contributed by atoms with Crippen molar-refractivity contribution in [2.75, 3.05) is 19.4 Å². The Balaban J connectivity index is 1.24. The maximum atomic E-state index is 7.41. The molecule has 9 aromatic carbocycles. The van der Waals surface area contributed by atoms with Crippen molar-refractivity contribution in [1.82, 2.24) is 0 Å². The van der Waals surface area contributed by atoms with Gasteiger partial charge in [0.05, 0.1) is 11.4 Å². The second-order valence-corrected chi connectivity index (χ2v) is 29.6. The fraction of sp³-hybridized carbons (Fsp3) is 0.260. The van der Waals surface area contributed by atoms with Gasteiger partial charge in [-0.3, -0.25) is 0 Å². The van der Waals surface area contributed by atoms with Crippen LogP contribution in [0.2, 0.25) is 5.02 Å². The molecule has 4 aliphatic rings. The van der Waals surface area contributed by atoms with E-state index in [1.807, 2.05) is 0 Å². The van der Waals surface area contributed by atoms with Crippen molar-refractivity contribution in [1.29, 1.82) is 0 Å². The van der Waals surface area contributed by atoms with Crippen molar-refractivity contribution in [3.8, 4) is 11.1 Å². The summed E-state index contributed by atoms with van der Waals surface area (Å²) >= 11 is 7.10. The molecule has 0 N–H and O–H groups in total. The van der Waals surface area contributed by atoms with Crippen molar-refractivity contribution in [3.63, 3.8) is 0 Å². The van der Waals surface area contributed by atoms with Crippen LogP contribution in [0, 0.1) is 27.7 Å². The highest BCUT2D eigenvalue weighted by Gasteiger charge is 2.51. The van der Waals surface area contributed by atoms with E-state index in [-0.39, 0.29) is 83.0 Å². The van der Waals surface area contributed by atoms with Crippen LogP contribution in [0.3, 0.4) is 0 Å². The number of fused-ring (bicyclic) bond motifs is 8. The van der Waals surface area contributed by atoms with Gasteiger partial charge >= 0.3 is 6.98 Å². The topological polar surface area (TPSA) is 13.0 Å². The Bertz CT molecular complexity index is 4550. The minimum absolute atomic E-state index is 0.0833. The molecular weight excluding hydrogens is 1100 g/mol. The minimum atomic E-state index is -0.880. The molecule has 0 amide bonds. The van der Waals surface area contributed by atoms with Gasteiger partial charge < -0.3 is 19.4 Å². The van der Waals surface area contributed by atoms with Crippen LogP contribution in [-0.4, -0.2) is 92.2 Å². The van der Waals surface area contributed by atoms with Crippen LogP contribution in [0.25, 0.3) is 11.1 Å². The van der Waals surface area contributed by atoms with Gasteiger partial charge in [-0.25, -0.2) is 0 Å². The molecule has 0 spiro atoms. The van der Waals surface area contributed by atoms with Gasteiger partial charge in [0.15, 0.2) is 0 Å². The fourth-order valence-electron chi connectivity index (χ4n) is 14.9. The van der Waals surface area contributed by atoms with E-state index >= 15 is 0 Å². The summed E-state index contributed by atoms with van der Waals surface area (Å²) in [5.74, 6) is 0. The number of hydrogen-bond acceptors (Lipinski definition) is 4. The fourth-order valence-corrected chi connectivity index (χ4v) is 15.0. The number of rotatable bonds is 5. The van der Waals surface area contributed by atoms with Gasteiger partial charge in [-0.05, 0) is 170 Å². The lowest BCUT2D eigenvalue weighted by atomic mass is 9.33. The minimum Gasteiger partial charge on any atom is -0.361 e. The average Bonchev–Trinajstić information content (AvgIpc) is 1.05. The molecular formula is C73H63B12ClN4. The summed E-state index contributed by atoms with van der Waals surface area (Å²) in [6, 6.07) is 41.1. The van der Waals surface area contributed by atoms with E-state index in [1.165, 1.54) is 27.8 Å². The molecule has 1 aliphatic carbocycles. The lowest BCUT2D eigenvalue weighted by Gasteiger charge is -2.46. The lowest BCUT2D eigenvalue weighted by molar-refractivity contribution is 0.589. The largest absolute Gasteiger partial charge is 0.421 e. The van der Waals surface area contributed by atoms with Gasteiger partial charge in [0.1, 0.15) is 78.5 Å². The molecule has 0 saturated carbocycles. The van der Waals surface area contributed by atoms with E-state index in [0.29, 0.717) is 22.7 Å². The molecule has 13 rings (SSSR count). The normalized spacial score (nSPS) is 14.6. The molecule has 90 heavy (non-hydrogen) atoms. The first kappa shape index (κ1) is 62.1. The monoisotopic (exact) mass is 1160 g/mol. The molecule has 17 heteroatoms. The van der Waals surface area contributed by atoms with Gasteiger partial charge in [0, 0.05) is 55.9 Å². The molecule has 4 nitrogen and oxygen atoms in total. The van der Waals surface area contributed by atoms with Gasteiger partial charge in [0.25, 0.3) is 6.71 Å². The predicted molar refractivity (Wildman–Crippen MR) is 401 cm³/mol. The van der Waals surface area contributed by atoms with Crippen molar-refractivity contribution in [2.24, 2.45) is 0 Å². The highest BCUT2D eigenvalue weighted by molar-refractivity contribution is 7.00. The third kappa shape index (κ3) is 9.07. The number of nitrogens with zero attached hydrogens (tertiary/aromatic N) is 4. The summed E-state index contributed by atoms with van der Waals surface area (Å²) in [5.41, 5.74) is 24.5. The van der Waals surface area contributed by atoms with Gasteiger partial charge in [0.2, 0.25) is 0 Å². The lowest BCUT2D eigenvalue weighted by Crippen LogP contribution is -2.64. The Hall–Kier alpha value is -6.75. The summed E-state index contributed by atoms with van der Waals surface area (Å²) in [7, 11) is 71.1. The average molecular weight is 1160 g/mol. The molecule has 0 saturated heterocycles. The zero-order chi connectivity index (χ0) is 65.0. The molecule has 418 valence electrons. The Kier molecular flexibility index (Phi) is 14.4. The summed E-state index contributed by atoms with van der Waals surface area (Å²) in [5, 5.41) is 0.740. The molecule has 0 unspecified atom stereocenters. The number of aryl methyl sites for hydroxylation is 4. The van der Waals surface area contributed by atoms with E-state index in [9.17, 15) is 0 Å². The van der Waals surface area contributed by atoms with E-state index < -0.39 is 6.98 Å². The smallest absolute Gasteiger partial charge is 0.361 e. The standard InChI is InChI=1S/C73H63B12ClN4/c1-34-24-39(71(8,9)10)25-35(2)65(34)85-89(68-61(80)57(76)55(74)58(77)62(68)81)51-32-48-50(33-52(51)90(85)69-63(82)59(78)56(75)60(79)64(69)83)87(41-21-22-44-43-18-16-17-19-45(43)73(14,15)46(44)31-41)53-29-40(72(11,12)13)30-54-66(53)84(48)47-23-20-38(70(5,6)7)28-49(47)88(54)42-26-36(3)67(86)37(4)27-42/h16-33H,1-15H3. The summed E-state index contributed by atoms with van der Waals surface area (Å²) in [6.45, 7) is 32.1. The van der Waals surface area contributed by atoms with Crippen LogP contribution in [0.1, 0.15) is 126 Å². The molecule has 3 aliphatic heterocycles. The zero-order valence-electron chi connectivity index (χ0n) is 54.5. The summed E-state index contributed by atoms with van der Waals surface area (Å²) in [6.07, 6.45) is 0. The predicted octanol–water partition coefficient (Wildman–Crippen LogP) is 5.48. The number of benzene rings is 9. The first-order valence-electron chi connectivity index (χ1n) is 30.9. The van der Waals surface area contributed by atoms with Crippen LogP contribution in [0.5, 0.6) is 0 Å². The highest BCUT2D eigenvalue weighted by Crippen LogP contribution is 2.55. The molecule has 0 bridgehead atoms. The second-order valence-electron chi connectivity index (χ2n) is 29.2. The van der Waals surface area contributed by atoms with Crippen molar-refractivity contribution in [3.05, 3.63) is 164 Å².